The highest BCUT2D eigenvalue weighted by Crippen LogP contribution is 2.36. The Kier molecular flexibility index (Phi) is 11.8. The molecule has 1 amide bonds. The lowest BCUT2D eigenvalue weighted by Gasteiger charge is -2.13. The second-order valence-corrected chi connectivity index (χ2v) is 8.92. The first-order valence-electron chi connectivity index (χ1n) is 12.8. The number of unbranched alkanes of at least 4 members (excludes halogenated alkanes) is 3. The molecule has 3 aromatic carbocycles. The van der Waals surface area contributed by atoms with Gasteiger partial charge in [-0.25, -0.2) is 5.43 Å². The highest BCUT2D eigenvalue weighted by molar-refractivity contribution is 6.32. The summed E-state index contributed by atoms with van der Waals surface area (Å²) in [6, 6.07) is 18.3. The number of rotatable bonds is 15. The van der Waals surface area contributed by atoms with Crippen molar-refractivity contribution < 1.29 is 23.7 Å². The van der Waals surface area contributed by atoms with Crippen LogP contribution in [0.25, 0.3) is 0 Å². The van der Waals surface area contributed by atoms with E-state index in [1.165, 1.54) is 12.6 Å². The fraction of sp³-hybridized carbons (Fsp3) is 0.333. The molecule has 0 aliphatic rings. The number of methoxy groups -OCH3 is 1. The van der Waals surface area contributed by atoms with Gasteiger partial charge in [0.25, 0.3) is 5.91 Å². The summed E-state index contributed by atoms with van der Waals surface area (Å²) in [5.74, 6) is 1.67. The fourth-order valence-corrected chi connectivity index (χ4v) is 3.93. The summed E-state index contributed by atoms with van der Waals surface area (Å²) in [5, 5.41) is 4.50. The third kappa shape index (κ3) is 8.70. The largest absolute Gasteiger partial charge is 0.493 e. The predicted molar refractivity (Wildman–Crippen MR) is 151 cm³/mol. The highest BCUT2D eigenvalue weighted by atomic mass is 35.5. The maximum absolute atomic E-state index is 12.7. The van der Waals surface area contributed by atoms with Crippen LogP contribution in [0.1, 0.15) is 61.0 Å². The third-order valence-corrected chi connectivity index (χ3v) is 5.90. The second kappa shape index (κ2) is 15.5. The number of carbonyl (C=O) groups excluding carboxylic acids is 1. The van der Waals surface area contributed by atoms with Crippen LogP contribution in [0.2, 0.25) is 5.02 Å². The van der Waals surface area contributed by atoms with Gasteiger partial charge >= 0.3 is 0 Å². The number of nitrogens with one attached hydrogen (secondary N) is 1. The second-order valence-electron chi connectivity index (χ2n) is 8.51. The van der Waals surface area contributed by atoms with E-state index < -0.39 is 0 Å². The summed E-state index contributed by atoms with van der Waals surface area (Å²) < 4.78 is 22.9. The zero-order valence-corrected chi connectivity index (χ0v) is 22.9. The Labute approximate surface area is 229 Å². The molecule has 0 fully saturated rings. The van der Waals surface area contributed by atoms with Gasteiger partial charge in [0.2, 0.25) is 0 Å². The highest BCUT2D eigenvalue weighted by Gasteiger charge is 2.13. The molecule has 202 valence electrons. The summed E-state index contributed by atoms with van der Waals surface area (Å²) in [4.78, 5) is 12.7. The summed E-state index contributed by atoms with van der Waals surface area (Å²) in [7, 11) is 1.56. The average molecular weight is 539 g/mol. The smallest absolute Gasteiger partial charge is 0.271 e. The van der Waals surface area contributed by atoms with Crippen molar-refractivity contribution in [2.24, 2.45) is 5.10 Å². The van der Waals surface area contributed by atoms with E-state index in [0.29, 0.717) is 59.0 Å². The van der Waals surface area contributed by atoms with Crippen molar-refractivity contribution in [1.82, 2.24) is 5.43 Å². The van der Waals surface area contributed by atoms with Gasteiger partial charge in [-0.05, 0) is 54.8 Å². The van der Waals surface area contributed by atoms with Gasteiger partial charge < -0.3 is 18.9 Å². The molecule has 0 aliphatic carbocycles. The van der Waals surface area contributed by atoms with Crippen molar-refractivity contribution in [3.05, 3.63) is 82.4 Å². The Morgan fingerprint density at radius 3 is 2.47 bits per heavy atom. The molecule has 0 aliphatic heterocycles. The Morgan fingerprint density at radius 2 is 1.74 bits per heavy atom. The summed E-state index contributed by atoms with van der Waals surface area (Å²) in [6.45, 7) is 5.44. The van der Waals surface area contributed by atoms with Gasteiger partial charge in [-0.1, -0.05) is 68.1 Å². The predicted octanol–water partition coefficient (Wildman–Crippen LogP) is 7.05. The molecule has 0 spiro atoms. The van der Waals surface area contributed by atoms with Crippen molar-refractivity contribution >= 4 is 23.7 Å². The number of hydrogen-bond donors (Lipinski definition) is 1. The molecule has 3 aromatic rings. The normalized spacial score (nSPS) is 10.8. The van der Waals surface area contributed by atoms with Crippen LogP contribution < -0.4 is 24.4 Å². The number of hydrogen-bond acceptors (Lipinski definition) is 6. The summed E-state index contributed by atoms with van der Waals surface area (Å²) >= 11 is 6.44. The van der Waals surface area contributed by atoms with Gasteiger partial charge in [0.1, 0.15) is 6.61 Å². The van der Waals surface area contributed by atoms with Crippen molar-refractivity contribution in [1.29, 1.82) is 0 Å². The topological polar surface area (TPSA) is 78.4 Å². The molecular weight excluding hydrogens is 504 g/mol. The van der Waals surface area contributed by atoms with Gasteiger partial charge in [0.15, 0.2) is 23.0 Å². The lowest BCUT2D eigenvalue weighted by molar-refractivity contribution is 0.0954. The first-order valence-corrected chi connectivity index (χ1v) is 13.2. The molecule has 8 heteroatoms. The number of hydrazone groups is 1. The summed E-state index contributed by atoms with van der Waals surface area (Å²) in [5.41, 5.74) is 4.62. The zero-order chi connectivity index (χ0) is 27.2. The molecule has 0 aromatic heterocycles. The van der Waals surface area contributed by atoms with Gasteiger partial charge in [-0.3, -0.25) is 4.79 Å². The van der Waals surface area contributed by atoms with Gasteiger partial charge in [0.05, 0.1) is 31.6 Å². The maximum Gasteiger partial charge on any atom is 0.271 e. The monoisotopic (exact) mass is 538 g/mol. The maximum atomic E-state index is 12.7. The van der Waals surface area contributed by atoms with Crippen molar-refractivity contribution in [3.63, 3.8) is 0 Å². The molecule has 0 bridgehead atoms. The molecule has 0 radical (unpaired) electrons. The number of carbonyl (C=O) groups is 1. The molecule has 0 heterocycles. The molecule has 0 saturated carbocycles. The Hall–Kier alpha value is -3.71. The Bertz CT molecular complexity index is 1200. The number of amides is 1. The molecule has 38 heavy (non-hydrogen) atoms. The van der Waals surface area contributed by atoms with Crippen LogP contribution in [0.4, 0.5) is 0 Å². The van der Waals surface area contributed by atoms with E-state index in [1.54, 1.807) is 37.4 Å². The number of halogens is 1. The van der Waals surface area contributed by atoms with Crippen LogP contribution in [0.15, 0.2) is 65.8 Å². The molecular formula is C30H35ClN2O5. The van der Waals surface area contributed by atoms with Crippen LogP contribution in [-0.4, -0.2) is 32.4 Å². The fourth-order valence-electron chi connectivity index (χ4n) is 3.66. The SMILES string of the molecule is CCCCCCOc1c(Cl)cc(/C=N/NC(=O)c2ccc(OCc3ccccc3)c(OCC)c2)cc1OC. The molecule has 1 N–H and O–H groups in total. The molecule has 0 saturated heterocycles. The van der Waals surface area contributed by atoms with Crippen LogP contribution in [0.3, 0.4) is 0 Å². The van der Waals surface area contributed by atoms with E-state index in [4.69, 9.17) is 30.5 Å². The van der Waals surface area contributed by atoms with E-state index in [1.807, 2.05) is 37.3 Å². The molecule has 3 rings (SSSR count). The van der Waals surface area contributed by atoms with Gasteiger partial charge in [0, 0.05) is 5.56 Å². The van der Waals surface area contributed by atoms with E-state index in [0.717, 1.165) is 24.8 Å². The lowest BCUT2D eigenvalue weighted by atomic mass is 10.2. The van der Waals surface area contributed by atoms with E-state index in [2.05, 4.69) is 17.5 Å². The Balaban J connectivity index is 1.62. The van der Waals surface area contributed by atoms with Crippen LogP contribution in [0, 0.1) is 0 Å². The summed E-state index contributed by atoms with van der Waals surface area (Å²) in [6.07, 6.45) is 5.90. The minimum absolute atomic E-state index is 0.387. The number of benzene rings is 3. The van der Waals surface area contributed by atoms with Crippen LogP contribution in [0.5, 0.6) is 23.0 Å². The average Bonchev–Trinajstić information content (AvgIpc) is 2.93. The first kappa shape index (κ1) is 28.9. The Morgan fingerprint density at radius 1 is 0.921 bits per heavy atom. The van der Waals surface area contributed by atoms with Crippen molar-refractivity contribution in [3.8, 4) is 23.0 Å². The van der Waals surface area contributed by atoms with E-state index in [-0.39, 0.29) is 5.91 Å². The van der Waals surface area contributed by atoms with Gasteiger partial charge in [-0.15, -0.1) is 0 Å². The van der Waals surface area contributed by atoms with Crippen LogP contribution in [-0.2, 0) is 6.61 Å². The number of ether oxygens (including phenoxy) is 4. The molecule has 0 atom stereocenters. The van der Waals surface area contributed by atoms with Crippen LogP contribution >= 0.6 is 11.6 Å². The van der Waals surface area contributed by atoms with Gasteiger partial charge in [-0.2, -0.15) is 5.10 Å². The lowest BCUT2D eigenvalue weighted by Crippen LogP contribution is -2.17. The third-order valence-electron chi connectivity index (χ3n) is 5.62. The van der Waals surface area contributed by atoms with E-state index >= 15 is 0 Å². The van der Waals surface area contributed by atoms with Crippen molar-refractivity contribution in [2.45, 2.75) is 46.1 Å². The quantitative estimate of drug-likeness (QED) is 0.127. The van der Waals surface area contributed by atoms with Crippen molar-refractivity contribution in [2.75, 3.05) is 20.3 Å². The standard InChI is InChI=1S/C30H35ClN2O5/c1-4-6-7-11-16-37-29-25(31)17-23(18-28(29)35-3)20-32-33-30(34)24-14-15-26(27(19-24)36-5-2)38-21-22-12-9-8-10-13-22/h8-10,12-15,17-20H,4-7,11,16,21H2,1-3H3,(H,33,34)/b32-20+. The molecule has 0 unspecified atom stereocenters. The molecule has 7 nitrogen and oxygen atoms in total. The zero-order valence-electron chi connectivity index (χ0n) is 22.2. The first-order chi connectivity index (χ1) is 18.5. The minimum Gasteiger partial charge on any atom is -0.493 e. The number of nitrogens with zero attached hydrogens (tertiary/aromatic N) is 1. The van der Waals surface area contributed by atoms with E-state index in [9.17, 15) is 4.79 Å². The minimum atomic E-state index is -0.387.